The van der Waals surface area contributed by atoms with Crippen molar-refractivity contribution in [2.75, 3.05) is 0 Å². The molecule has 0 aliphatic heterocycles. The summed E-state index contributed by atoms with van der Waals surface area (Å²) in [5, 5.41) is 17.1. The molecular weight excluding hydrogens is 176 g/mol. The number of hydrogen-bond donors (Lipinski definition) is 2. The van der Waals surface area contributed by atoms with Gasteiger partial charge in [0.15, 0.2) is 0 Å². The fraction of sp³-hybridized carbons (Fsp3) is 0.429. The maximum Gasteiger partial charge on any atom is 0.328 e. The minimum absolute atomic E-state index is 0.0370. The third-order valence-electron chi connectivity index (χ3n) is 1.31. The molecule has 0 aromatic carbocycles. The van der Waals surface area contributed by atoms with Crippen LogP contribution in [0.2, 0.25) is 19.6 Å². The third kappa shape index (κ3) is 3.34. The minimum atomic E-state index is -2.03. The molecule has 2 N–H and O–H groups in total. The van der Waals surface area contributed by atoms with Gasteiger partial charge in [-0.2, -0.15) is 0 Å². The largest absolute Gasteiger partial charge is 0.478 e. The second-order valence-electron chi connectivity index (χ2n) is 3.45. The smallest absolute Gasteiger partial charge is 0.328 e. The van der Waals surface area contributed by atoms with Crippen molar-refractivity contribution >= 4 is 20.0 Å². The average molecular weight is 188 g/mol. The maximum atomic E-state index is 10.6. The van der Waals surface area contributed by atoms with Crippen molar-refractivity contribution in [3.05, 3.63) is 11.3 Å². The Morgan fingerprint density at radius 1 is 1.17 bits per heavy atom. The summed E-state index contributed by atoms with van der Waals surface area (Å²) in [7, 11) is -2.03. The molecule has 68 valence electrons. The molecule has 0 amide bonds. The molecule has 0 aliphatic carbocycles. The van der Waals surface area contributed by atoms with Crippen LogP contribution in [0.4, 0.5) is 0 Å². The van der Waals surface area contributed by atoms with Crippen molar-refractivity contribution in [3.63, 3.8) is 0 Å². The molecular formula is C7H12O4Si. The van der Waals surface area contributed by atoms with Gasteiger partial charge in [0.25, 0.3) is 0 Å². The lowest BCUT2D eigenvalue weighted by atomic mass is 10.5. The zero-order valence-corrected chi connectivity index (χ0v) is 8.29. The number of rotatable bonds is 3. The lowest BCUT2D eigenvalue weighted by molar-refractivity contribution is -0.134. The monoisotopic (exact) mass is 188 g/mol. The standard InChI is InChI=1S/C7H12O4Si/c1-12(2,3)5(7(10)11)4-6(8)9/h4H,1-3H3,(H,8,9)(H,10,11). The van der Waals surface area contributed by atoms with E-state index in [1.54, 1.807) is 19.6 Å². The van der Waals surface area contributed by atoms with E-state index in [0.29, 0.717) is 0 Å². The summed E-state index contributed by atoms with van der Waals surface area (Å²) in [5.74, 6) is -2.33. The van der Waals surface area contributed by atoms with Crippen LogP contribution < -0.4 is 0 Å². The number of carboxylic acid groups (broad SMARTS) is 2. The van der Waals surface area contributed by atoms with E-state index in [1.807, 2.05) is 0 Å². The maximum absolute atomic E-state index is 10.6. The van der Waals surface area contributed by atoms with Crippen LogP contribution in [0.5, 0.6) is 0 Å². The Morgan fingerprint density at radius 3 is 1.67 bits per heavy atom. The number of aliphatic carboxylic acids is 2. The van der Waals surface area contributed by atoms with Crippen LogP contribution in [0.1, 0.15) is 0 Å². The molecule has 0 saturated heterocycles. The second-order valence-corrected chi connectivity index (χ2v) is 8.49. The van der Waals surface area contributed by atoms with E-state index in [2.05, 4.69) is 0 Å². The van der Waals surface area contributed by atoms with Crippen molar-refractivity contribution in [1.29, 1.82) is 0 Å². The first-order valence-electron chi connectivity index (χ1n) is 3.43. The highest BCUT2D eigenvalue weighted by atomic mass is 28.3. The van der Waals surface area contributed by atoms with Gasteiger partial charge in [0.05, 0.1) is 8.07 Å². The summed E-state index contributed by atoms with van der Waals surface area (Å²) in [4.78, 5) is 20.8. The Bertz CT molecular complexity index is 236. The molecule has 0 bridgehead atoms. The Kier molecular flexibility index (Phi) is 3.21. The van der Waals surface area contributed by atoms with Crippen molar-refractivity contribution in [1.82, 2.24) is 0 Å². The topological polar surface area (TPSA) is 74.6 Å². The molecule has 5 heteroatoms. The van der Waals surface area contributed by atoms with Gasteiger partial charge in [0, 0.05) is 11.3 Å². The van der Waals surface area contributed by atoms with Gasteiger partial charge in [-0.1, -0.05) is 19.6 Å². The summed E-state index contributed by atoms with van der Waals surface area (Å²) < 4.78 is 0. The molecule has 0 radical (unpaired) electrons. The van der Waals surface area contributed by atoms with Crippen LogP contribution in [0.15, 0.2) is 11.3 Å². The highest BCUT2D eigenvalue weighted by molar-refractivity contribution is 6.87. The molecule has 0 unspecified atom stereocenters. The lowest BCUT2D eigenvalue weighted by Crippen LogP contribution is -2.30. The summed E-state index contributed by atoms with van der Waals surface area (Å²) in [5.41, 5.74) is 0. The molecule has 0 aliphatic rings. The number of carboxylic acids is 2. The lowest BCUT2D eigenvalue weighted by Gasteiger charge is -2.15. The molecule has 0 rings (SSSR count). The predicted molar refractivity (Wildman–Crippen MR) is 46.7 cm³/mol. The van der Waals surface area contributed by atoms with Crippen molar-refractivity contribution in [3.8, 4) is 0 Å². The Hall–Kier alpha value is -1.10. The van der Waals surface area contributed by atoms with Gasteiger partial charge < -0.3 is 10.2 Å². The van der Waals surface area contributed by atoms with Gasteiger partial charge in [-0.25, -0.2) is 9.59 Å². The summed E-state index contributed by atoms with van der Waals surface area (Å²) in [6, 6.07) is 0. The van der Waals surface area contributed by atoms with Gasteiger partial charge in [0.2, 0.25) is 0 Å². The number of hydrogen-bond acceptors (Lipinski definition) is 2. The fourth-order valence-electron chi connectivity index (χ4n) is 0.723. The third-order valence-corrected chi connectivity index (χ3v) is 3.28. The van der Waals surface area contributed by atoms with Crippen LogP contribution in [-0.2, 0) is 9.59 Å². The van der Waals surface area contributed by atoms with Crippen LogP contribution in [-0.4, -0.2) is 30.2 Å². The van der Waals surface area contributed by atoms with E-state index in [4.69, 9.17) is 10.2 Å². The molecule has 0 saturated carbocycles. The van der Waals surface area contributed by atoms with E-state index in [1.165, 1.54) is 0 Å². The summed E-state index contributed by atoms with van der Waals surface area (Å²) in [6.45, 7) is 5.36. The van der Waals surface area contributed by atoms with E-state index >= 15 is 0 Å². The van der Waals surface area contributed by atoms with Crippen molar-refractivity contribution in [2.45, 2.75) is 19.6 Å². The minimum Gasteiger partial charge on any atom is -0.478 e. The fourth-order valence-corrected chi connectivity index (χ4v) is 1.92. The molecule has 12 heavy (non-hydrogen) atoms. The molecule has 0 atom stereocenters. The second kappa shape index (κ2) is 3.53. The molecule has 4 nitrogen and oxygen atoms in total. The molecule has 0 aromatic rings. The van der Waals surface area contributed by atoms with Gasteiger partial charge in [-0.15, -0.1) is 0 Å². The Morgan fingerprint density at radius 2 is 1.58 bits per heavy atom. The van der Waals surface area contributed by atoms with Crippen LogP contribution in [0.25, 0.3) is 0 Å². The highest BCUT2D eigenvalue weighted by Crippen LogP contribution is 2.14. The predicted octanol–water partition coefficient (Wildman–Crippen LogP) is 0.959. The molecule has 0 fully saturated rings. The normalized spacial score (nSPS) is 12.8. The first-order valence-corrected chi connectivity index (χ1v) is 6.93. The van der Waals surface area contributed by atoms with Crippen LogP contribution >= 0.6 is 0 Å². The SMILES string of the molecule is C[Si](C)(C)C(=CC(=O)O)C(=O)O. The van der Waals surface area contributed by atoms with E-state index in [0.717, 1.165) is 6.08 Å². The van der Waals surface area contributed by atoms with Crippen molar-refractivity contribution < 1.29 is 19.8 Å². The number of carbonyl (C=O) groups is 2. The van der Waals surface area contributed by atoms with Crippen LogP contribution in [0, 0.1) is 0 Å². The first-order chi connectivity index (χ1) is 5.25. The molecule has 0 aromatic heterocycles. The Labute approximate surface area is 71.5 Å². The average Bonchev–Trinajstić information content (AvgIpc) is 1.79. The Balaban J connectivity index is 4.94. The van der Waals surface area contributed by atoms with Gasteiger partial charge >= 0.3 is 11.9 Å². The first kappa shape index (κ1) is 10.9. The van der Waals surface area contributed by atoms with Gasteiger partial charge in [-0.3, -0.25) is 0 Å². The van der Waals surface area contributed by atoms with Gasteiger partial charge in [0.1, 0.15) is 0 Å². The molecule has 0 spiro atoms. The zero-order chi connectivity index (χ0) is 9.94. The zero-order valence-electron chi connectivity index (χ0n) is 7.29. The van der Waals surface area contributed by atoms with E-state index < -0.39 is 20.0 Å². The van der Waals surface area contributed by atoms with Gasteiger partial charge in [-0.05, 0) is 0 Å². The van der Waals surface area contributed by atoms with E-state index in [9.17, 15) is 9.59 Å². The summed E-state index contributed by atoms with van der Waals surface area (Å²) >= 11 is 0. The van der Waals surface area contributed by atoms with E-state index in [-0.39, 0.29) is 5.20 Å². The van der Waals surface area contributed by atoms with Crippen molar-refractivity contribution in [2.24, 2.45) is 0 Å². The molecule has 0 heterocycles. The van der Waals surface area contributed by atoms with Crippen LogP contribution in [0.3, 0.4) is 0 Å². The summed E-state index contributed by atoms with van der Waals surface area (Å²) in [6.07, 6.45) is 0.786. The highest BCUT2D eigenvalue weighted by Gasteiger charge is 2.26. The quantitative estimate of drug-likeness (QED) is 0.511.